The maximum Gasteiger partial charge on any atom is 0.226 e. The first kappa shape index (κ1) is 25.5. The maximum absolute atomic E-state index is 13.4. The van der Waals surface area contributed by atoms with E-state index in [4.69, 9.17) is 4.74 Å². The van der Waals surface area contributed by atoms with Crippen molar-refractivity contribution in [3.05, 3.63) is 65.7 Å². The third-order valence-corrected chi connectivity index (χ3v) is 6.21. The molecule has 2 aromatic rings. The summed E-state index contributed by atoms with van der Waals surface area (Å²) in [5, 5.41) is 3.45. The molecule has 0 aromatic heterocycles. The Bertz CT molecular complexity index is 813. The number of nitrogens with zero attached hydrogens (tertiary/aromatic N) is 2. The van der Waals surface area contributed by atoms with Crippen molar-refractivity contribution in [2.75, 3.05) is 39.8 Å². The molecule has 2 heterocycles. The van der Waals surface area contributed by atoms with E-state index in [9.17, 15) is 4.79 Å². The van der Waals surface area contributed by atoms with Gasteiger partial charge in [-0.05, 0) is 37.6 Å². The van der Waals surface area contributed by atoms with Gasteiger partial charge in [-0.1, -0.05) is 48.5 Å². The molecule has 4 rings (SSSR count). The van der Waals surface area contributed by atoms with Crippen LogP contribution < -0.4 is 10.1 Å². The predicted octanol–water partition coefficient (Wildman–Crippen LogP) is 3.92. The number of para-hydroxylation sites is 1. The standard InChI is InChI=1S/C24H31N3O2.2ClH/c1-29-23-10-6-5-9-21(23)22-17-25-13-16-27(22)24(28)20-11-14-26(15-12-20)18-19-7-3-2-4-8-19;;/h2-10,20,22,25H,11-18H2,1H3;2*1H. The number of halogens is 2. The van der Waals surface area contributed by atoms with Gasteiger partial charge in [0.25, 0.3) is 0 Å². The molecule has 1 N–H and O–H groups in total. The number of ether oxygens (including phenoxy) is 1. The fraction of sp³-hybridized carbons (Fsp3) is 0.458. The molecule has 170 valence electrons. The van der Waals surface area contributed by atoms with Crippen molar-refractivity contribution in [1.29, 1.82) is 0 Å². The molecule has 2 aliphatic rings. The number of hydrogen-bond donors (Lipinski definition) is 1. The number of carbonyl (C=O) groups excluding carboxylic acids is 1. The van der Waals surface area contributed by atoms with Gasteiger partial charge >= 0.3 is 0 Å². The van der Waals surface area contributed by atoms with Gasteiger partial charge in [0, 0.05) is 37.7 Å². The number of piperidine rings is 1. The van der Waals surface area contributed by atoms with Crippen LogP contribution in [-0.2, 0) is 11.3 Å². The second-order valence-corrected chi connectivity index (χ2v) is 8.03. The predicted molar refractivity (Wildman–Crippen MR) is 129 cm³/mol. The van der Waals surface area contributed by atoms with E-state index >= 15 is 0 Å². The third kappa shape index (κ3) is 6.13. The molecule has 5 nitrogen and oxygen atoms in total. The molecule has 0 radical (unpaired) electrons. The van der Waals surface area contributed by atoms with Gasteiger partial charge in [0.05, 0.1) is 13.2 Å². The lowest BCUT2D eigenvalue weighted by atomic mass is 9.92. The van der Waals surface area contributed by atoms with Crippen molar-refractivity contribution in [1.82, 2.24) is 15.1 Å². The first-order valence-corrected chi connectivity index (χ1v) is 10.7. The van der Waals surface area contributed by atoms with Crippen LogP contribution in [0.3, 0.4) is 0 Å². The van der Waals surface area contributed by atoms with Gasteiger partial charge in [0.15, 0.2) is 0 Å². The number of likely N-dealkylation sites (tertiary alicyclic amines) is 1. The molecule has 0 aliphatic carbocycles. The summed E-state index contributed by atoms with van der Waals surface area (Å²) in [4.78, 5) is 18.0. The summed E-state index contributed by atoms with van der Waals surface area (Å²) in [6.07, 6.45) is 1.88. The molecule has 1 unspecified atom stereocenters. The number of nitrogens with one attached hydrogen (secondary N) is 1. The van der Waals surface area contributed by atoms with Crippen LogP contribution in [0.5, 0.6) is 5.75 Å². The Kier molecular flexibility index (Phi) is 10.1. The maximum atomic E-state index is 13.4. The van der Waals surface area contributed by atoms with Crippen LogP contribution in [-0.4, -0.2) is 55.5 Å². The minimum Gasteiger partial charge on any atom is -0.496 e. The minimum atomic E-state index is 0. The molecular formula is C24H33Cl2N3O2. The first-order valence-electron chi connectivity index (χ1n) is 10.7. The average molecular weight is 466 g/mol. The Hall–Kier alpha value is -1.79. The van der Waals surface area contributed by atoms with Gasteiger partial charge in [-0.25, -0.2) is 0 Å². The van der Waals surface area contributed by atoms with E-state index in [-0.39, 0.29) is 36.8 Å². The van der Waals surface area contributed by atoms with Crippen LogP contribution in [0.2, 0.25) is 0 Å². The van der Waals surface area contributed by atoms with E-state index in [1.807, 2.05) is 18.2 Å². The van der Waals surface area contributed by atoms with Crippen molar-refractivity contribution in [3.63, 3.8) is 0 Å². The number of methoxy groups -OCH3 is 1. The van der Waals surface area contributed by atoms with Crippen LogP contribution in [0.25, 0.3) is 0 Å². The summed E-state index contributed by atoms with van der Waals surface area (Å²) in [6.45, 7) is 5.32. The summed E-state index contributed by atoms with van der Waals surface area (Å²) in [5.74, 6) is 1.29. The molecule has 2 fully saturated rings. The fourth-order valence-electron chi connectivity index (χ4n) is 4.60. The molecule has 1 atom stereocenters. The lowest BCUT2D eigenvalue weighted by Crippen LogP contribution is -2.51. The number of benzene rings is 2. The largest absolute Gasteiger partial charge is 0.496 e. The third-order valence-electron chi connectivity index (χ3n) is 6.21. The zero-order chi connectivity index (χ0) is 20.1. The van der Waals surface area contributed by atoms with Gasteiger partial charge in [0.2, 0.25) is 5.91 Å². The summed E-state index contributed by atoms with van der Waals surface area (Å²) < 4.78 is 5.57. The van der Waals surface area contributed by atoms with E-state index < -0.39 is 0 Å². The van der Waals surface area contributed by atoms with Crippen LogP contribution >= 0.6 is 24.8 Å². The van der Waals surface area contributed by atoms with Crippen LogP contribution in [0, 0.1) is 5.92 Å². The number of hydrogen-bond acceptors (Lipinski definition) is 4. The number of piperazine rings is 1. The molecule has 0 saturated carbocycles. The molecule has 2 aliphatic heterocycles. The monoisotopic (exact) mass is 465 g/mol. The lowest BCUT2D eigenvalue weighted by Gasteiger charge is -2.40. The molecule has 7 heteroatoms. The number of amides is 1. The highest BCUT2D eigenvalue weighted by Crippen LogP contribution is 2.32. The Labute approximate surface area is 198 Å². The molecule has 2 saturated heterocycles. The van der Waals surface area contributed by atoms with Crippen molar-refractivity contribution in [2.45, 2.75) is 25.4 Å². The molecule has 0 bridgehead atoms. The Balaban J connectivity index is 0.00000171. The molecule has 1 amide bonds. The summed E-state index contributed by atoms with van der Waals surface area (Å²) in [6, 6.07) is 18.7. The van der Waals surface area contributed by atoms with E-state index in [0.29, 0.717) is 5.91 Å². The van der Waals surface area contributed by atoms with E-state index in [1.54, 1.807) is 7.11 Å². The van der Waals surface area contributed by atoms with Crippen molar-refractivity contribution < 1.29 is 9.53 Å². The highest BCUT2D eigenvalue weighted by atomic mass is 35.5. The lowest BCUT2D eigenvalue weighted by molar-refractivity contribution is -0.140. The summed E-state index contributed by atoms with van der Waals surface area (Å²) in [5.41, 5.74) is 2.44. The minimum absolute atomic E-state index is 0. The Morgan fingerprint density at radius 3 is 2.39 bits per heavy atom. The Morgan fingerprint density at radius 2 is 1.68 bits per heavy atom. The second kappa shape index (κ2) is 12.3. The highest BCUT2D eigenvalue weighted by Gasteiger charge is 2.35. The molecule has 0 spiro atoms. The van der Waals surface area contributed by atoms with Gasteiger partial charge in [0.1, 0.15) is 5.75 Å². The number of carbonyl (C=O) groups is 1. The van der Waals surface area contributed by atoms with E-state index in [1.165, 1.54) is 5.56 Å². The van der Waals surface area contributed by atoms with E-state index in [0.717, 1.165) is 63.4 Å². The molecule has 31 heavy (non-hydrogen) atoms. The smallest absolute Gasteiger partial charge is 0.226 e. The van der Waals surface area contributed by atoms with Gasteiger partial charge in [-0.2, -0.15) is 0 Å². The SMILES string of the molecule is COc1ccccc1C1CNCCN1C(=O)C1CCN(Cc2ccccc2)CC1.Cl.Cl. The van der Waals surface area contributed by atoms with E-state index in [2.05, 4.69) is 51.5 Å². The quantitative estimate of drug-likeness (QED) is 0.726. The van der Waals surface area contributed by atoms with Crippen LogP contribution in [0.1, 0.15) is 30.0 Å². The molecule has 2 aromatic carbocycles. The summed E-state index contributed by atoms with van der Waals surface area (Å²) >= 11 is 0. The second-order valence-electron chi connectivity index (χ2n) is 8.03. The fourth-order valence-corrected chi connectivity index (χ4v) is 4.60. The topological polar surface area (TPSA) is 44.8 Å². The summed E-state index contributed by atoms with van der Waals surface area (Å²) in [7, 11) is 1.70. The highest BCUT2D eigenvalue weighted by molar-refractivity contribution is 5.85. The number of rotatable bonds is 5. The zero-order valence-electron chi connectivity index (χ0n) is 18.0. The van der Waals surface area contributed by atoms with Gasteiger partial charge < -0.3 is 15.0 Å². The Morgan fingerprint density at radius 1 is 1.00 bits per heavy atom. The average Bonchev–Trinajstić information content (AvgIpc) is 2.80. The molecular weight excluding hydrogens is 433 g/mol. The van der Waals surface area contributed by atoms with Gasteiger partial charge in [-0.3, -0.25) is 9.69 Å². The first-order chi connectivity index (χ1) is 14.3. The van der Waals surface area contributed by atoms with Crippen molar-refractivity contribution in [2.24, 2.45) is 5.92 Å². The van der Waals surface area contributed by atoms with Crippen LogP contribution in [0.4, 0.5) is 0 Å². The van der Waals surface area contributed by atoms with Crippen molar-refractivity contribution in [3.8, 4) is 5.75 Å². The normalized spacial score (nSPS) is 19.8. The van der Waals surface area contributed by atoms with Crippen LogP contribution in [0.15, 0.2) is 54.6 Å². The van der Waals surface area contributed by atoms with Gasteiger partial charge in [-0.15, -0.1) is 24.8 Å². The zero-order valence-corrected chi connectivity index (χ0v) is 19.7. The van der Waals surface area contributed by atoms with Crippen molar-refractivity contribution >= 4 is 30.7 Å².